The van der Waals surface area contributed by atoms with E-state index in [1.54, 1.807) is 36.4 Å². The van der Waals surface area contributed by atoms with E-state index in [-0.39, 0.29) is 11.5 Å². The third-order valence-electron chi connectivity index (χ3n) is 2.12. The predicted octanol–water partition coefficient (Wildman–Crippen LogP) is 2.28. The van der Waals surface area contributed by atoms with Gasteiger partial charge in [0.2, 0.25) is 5.56 Å². The van der Waals surface area contributed by atoms with Crippen molar-refractivity contribution < 1.29 is 4.79 Å². The van der Waals surface area contributed by atoms with Crippen LogP contribution in [0.3, 0.4) is 0 Å². The molecule has 5 heteroatoms. The van der Waals surface area contributed by atoms with Gasteiger partial charge in [0.15, 0.2) is 0 Å². The number of rotatable bonds is 2. The van der Waals surface area contributed by atoms with Gasteiger partial charge in [0, 0.05) is 16.7 Å². The van der Waals surface area contributed by atoms with Gasteiger partial charge in [-0.15, -0.1) is 0 Å². The fourth-order valence-corrected chi connectivity index (χ4v) is 1.44. The van der Waals surface area contributed by atoms with Gasteiger partial charge in [-0.3, -0.25) is 9.59 Å². The third-order valence-corrected chi connectivity index (χ3v) is 2.37. The Bertz CT molecular complexity index is 590. The summed E-state index contributed by atoms with van der Waals surface area (Å²) in [5, 5.41) is 3.15. The second-order valence-corrected chi connectivity index (χ2v) is 3.83. The molecule has 0 saturated carbocycles. The molecule has 0 fully saturated rings. The molecule has 2 N–H and O–H groups in total. The minimum absolute atomic E-state index is 0.265. The third kappa shape index (κ3) is 2.95. The molecule has 86 valence electrons. The zero-order chi connectivity index (χ0) is 12.3. The van der Waals surface area contributed by atoms with Crippen molar-refractivity contribution >= 4 is 23.3 Å². The summed E-state index contributed by atoms with van der Waals surface area (Å²) < 4.78 is 0. The van der Waals surface area contributed by atoms with E-state index >= 15 is 0 Å². The van der Waals surface area contributed by atoms with E-state index in [1.807, 2.05) is 0 Å². The Morgan fingerprint density at radius 2 is 1.82 bits per heavy atom. The van der Waals surface area contributed by atoms with Crippen molar-refractivity contribution in [3.8, 4) is 0 Å². The summed E-state index contributed by atoms with van der Waals surface area (Å²) in [6.45, 7) is 0. The van der Waals surface area contributed by atoms with Crippen molar-refractivity contribution in [3.05, 3.63) is 63.4 Å². The second-order valence-electron chi connectivity index (χ2n) is 3.39. The van der Waals surface area contributed by atoms with Crippen molar-refractivity contribution in [1.82, 2.24) is 4.98 Å². The summed E-state index contributed by atoms with van der Waals surface area (Å²) in [4.78, 5) is 25.3. The number of H-pyrrole nitrogens is 1. The first-order valence-electron chi connectivity index (χ1n) is 4.91. The van der Waals surface area contributed by atoms with Crippen LogP contribution in [-0.2, 0) is 0 Å². The highest BCUT2D eigenvalue weighted by Gasteiger charge is 2.05. The smallest absolute Gasteiger partial charge is 0.256 e. The molecule has 17 heavy (non-hydrogen) atoms. The first kappa shape index (κ1) is 11.4. The Balaban J connectivity index is 2.17. The number of aromatic nitrogens is 1. The van der Waals surface area contributed by atoms with Crippen molar-refractivity contribution in [2.45, 2.75) is 0 Å². The van der Waals surface area contributed by atoms with Gasteiger partial charge in [0.25, 0.3) is 5.91 Å². The molecule has 1 heterocycles. The highest BCUT2D eigenvalue weighted by molar-refractivity contribution is 6.30. The first-order valence-corrected chi connectivity index (χ1v) is 5.29. The van der Waals surface area contributed by atoms with Crippen LogP contribution >= 0.6 is 11.6 Å². The van der Waals surface area contributed by atoms with E-state index in [0.29, 0.717) is 16.4 Å². The molecular weight excluding hydrogens is 240 g/mol. The molecule has 2 aromatic rings. The average Bonchev–Trinajstić information content (AvgIpc) is 2.29. The molecule has 0 bridgehead atoms. The van der Waals surface area contributed by atoms with Gasteiger partial charge in [-0.1, -0.05) is 17.7 Å². The summed E-state index contributed by atoms with van der Waals surface area (Å²) in [6.07, 6.45) is 0. The molecule has 0 radical (unpaired) electrons. The van der Waals surface area contributed by atoms with E-state index < -0.39 is 0 Å². The predicted molar refractivity (Wildman–Crippen MR) is 66.5 cm³/mol. The number of hydrogen-bond acceptors (Lipinski definition) is 2. The van der Waals surface area contributed by atoms with Gasteiger partial charge in [-0.25, -0.2) is 0 Å². The highest BCUT2D eigenvalue weighted by atomic mass is 35.5. The lowest BCUT2D eigenvalue weighted by atomic mass is 10.2. The SMILES string of the molecule is O=C(Nc1cccc(=O)[nH]1)c1ccc(Cl)cc1. The fraction of sp³-hybridized carbons (Fsp3) is 0. The van der Waals surface area contributed by atoms with Crippen molar-refractivity contribution in [3.63, 3.8) is 0 Å². The lowest BCUT2D eigenvalue weighted by Gasteiger charge is -2.04. The molecule has 0 aliphatic carbocycles. The summed E-state index contributed by atoms with van der Waals surface area (Å²) in [6, 6.07) is 11.0. The molecule has 4 nitrogen and oxygen atoms in total. The molecular formula is C12H9ClN2O2. The number of carbonyl (C=O) groups is 1. The van der Waals surface area contributed by atoms with Gasteiger partial charge in [-0.05, 0) is 30.3 Å². The molecule has 1 aromatic carbocycles. The van der Waals surface area contributed by atoms with Gasteiger partial charge in [0.05, 0.1) is 0 Å². The number of hydrogen-bond donors (Lipinski definition) is 2. The topological polar surface area (TPSA) is 62.0 Å². The Morgan fingerprint density at radius 1 is 1.12 bits per heavy atom. The monoisotopic (exact) mass is 248 g/mol. The lowest BCUT2D eigenvalue weighted by molar-refractivity contribution is 0.102. The van der Waals surface area contributed by atoms with Crippen LogP contribution in [0.15, 0.2) is 47.3 Å². The number of carbonyl (C=O) groups excluding carboxylic acids is 1. The quantitative estimate of drug-likeness (QED) is 0.857. The van der Waals surface area contributed by atoms with E-state index in [2.05, 4.69) is 10.3 Å². The van der Waals surface area contributed by atoms with Crippen LogP contribution < -0.4 is 10.9 Å². The maximum Gasteiger partial charge on any atom is 0.256 e. The van der Waals surface area contributed by atoms with Gasteiger partial charge < -0.3 is 10.3 Å². The highest BCUT2D eigenvalue weighted by Crippen LogP contribution is 2.10. The van der Waals surface area contributed by atoms with Crippen LogP contribution in [0.5, 0.6) is 0 Å². The molecule has 0 aliphatic heterocycles. The molecule has 0 spiro atoms. The maximum atomic E-state index is 11.8. The molecule has 0 saturated heterocycles. The van der Waals surface area contributed by atoms with Crippen LogP contribution in [0.2, 0.25) is 5.02 Å². The fourth-order valence-electron chi connectivity index (χ4n) is 1.32. The Morgan fingerprint density at radius 3 is 2.47 bits per heavy atom. The number of pyridine rings is 1. The molecule has 0 atom stereocenters. The minimum Gasteiger partial charge on any atom is -0.309 e. The van der Waals surface area contributed by atoms with Gasteiger partial charge in [-0.2, -0.15) is 0 Å². The van der Waals surface area contributed by atoms with Crippen molar-refractivity contribution in [2.75, 3.05) is 5.32 Å². The number of anilines is 1. The molecule has 0 aliphatic rings. The van der Waals surface area contributed by atoms with Crippen molar-refractivity contribution in [2.24, 2.45) is 0 Å². The molecule has 2 rings (SSSR count). The van der Waals surface area contributed by atoms with Crippen LogP contribution in [0.4, 0.5) is 5.82 Å². The van der Waals surface area contributed by atoms with Gasteiger partial charge in [0.1, 0.15) is 5.82 Å². The summed E-state index contributed by atoms with van der Waals surface area (Å²) >= 11 is 5.72. The van der Waals surface area contributed by atoms with Crippen LogP contribution in [0, 0.1) is 0 Å². The normalized spacial score (nSPS) is 9.94. The molecule has 1 aromatic heterocycles. The summed E-state index contributed by atoms with van der Waals surface area (Å²) in [5.74, 6) is 0.0565. The zero-order valence-corrected chi connectivity index (χ0v) is 9.49. The zero-order valence-electron chi connectivity index (χ0n) is 8.74. The Labute approximate surface area is 102 Å². The average molecular weight is 249 g/mol. The lowest BCUT2D eigenvalue weighted by Crippen LogP contribution is -2.15. The van der Waals surface area contributed by atoms with Crippen LogP contribution in [0.25, 0.3) is 0 Å². The molecule has 0 unspecified atom stereocenters. The van der Waals surface area contributed by atoms with Crippen molar-refractivity contribution in [1.29, 1.82) is 0 Å². The largest absolute Gasteiger partial charge is 0.309 e. The number of halogens is 1. The first-order chi connectivity index (χ1) is 8.15. The van der Waals surface area contributed by atoms with E-state index in [1.165, 1.54) is 6.07 Å². The summed E-state index contributed by atoms with van der Waals surface area (Å²) in [7, 11) is 0. The maximum absolute atomic E-state index is 11.8. The summed E-state index contributed by atoms with van der Waals surface area (Å²) in [5.41, 5.74) is 0.206. The number of aromatic amines is 1. The second kappa shape index (κ2) is 4.84. The standard InChI is InChI=1S/C12H9ClN2O2/c13-9-6-4-8(5-7-9)12(17)15-10-2-1-3-11(16)14-10/h1-7H,(H2,14,15,16,17). The van der Waals surface area contributed by atoms with E-state index in [4.69, 9.17) is 11.6 Å². The number of nitrogens with one attached hydrogen (secondary N) is 2. The van der Waals surface area contributed by atoms with Crippen LogP contribution in [-0.4, -0.2) is 10.9 Å². The van der Waals surface area contributed by atoms with Crippen LogP contribution in [0.1, 0.15) is 10.4 Å². The minimum atomic E-state index is -0.302. The Kier molecular flexibility index (Phi) is 3.25. The van der Waals surface area contributed by atoms with Gasteiger partial charge >= 0.3 is 0 Å². The number of benzene rings is 1. The van der Waals surface area contributed by atoms with E-state index in [0.717, 1.165) is 0 Å². The van der Waals surface area contributed by atoms with E-state index in [9.17, 15) is 9.59 Å². The Hall–Kier alpha value is -2.07. The number of amides is 1. The molecule has 1 amide bonds.